The van der Waals surface area contributed by atoms with Gasteiger partial charge in [0.1, 0.15) is 4.92 Å². The zero-order valence-corrected chi connectivity index (χ0v) is 12.5. The molecule has 0 aromatic carbocycles. The molecule has 3 aliphatic carbocycles. The van der Waals surface area contributed by atoms with Crippen molar-refractivity contribution in [2.75, 3.05) is 0 Å². The van der Waals surface area contributed by atoms with Crippen LogP contribution in [0.15, 0.2) is 33.8 Å². The van der Waals surface area contributed by atoms with Crippen LogP contribution < -0.4 is 0 Å². The maximum absolute atomic E-state index is 12.7. The first-order chi connectivity index (χ1) is 11.5. The summed E-state index contributed by atoms with van der Waals surface area (Å²) in [7, 11) is 0. The average molecular weight is 327 g/mol. The largest absolute Gasteiger partial charge is 0.433 e. The number of amides is 2. The highest BCUT2D eigenvalue weighted by molar-refractivity contribution is 6.07. The SMILES string of the molecule is O=C1C2C(C(=O)N1/N=C\c1ccc([N+](=O)[O-])o1)C1C=CC2C12CC2. The standard InChI is InChI=1S/C16H13N3O5/c20-14-12-9-2-3-10(16(9)5-6-16)13(12)15(21)18(14)17-7-8-1-4-11(24-8)19(22)23/h1-4,7,9-10,12-13H,5-6H2/b17-7-. The fourth-order valence-corrected chi connectivity index (χ4v) is 4.80. The van der Waals surface area contributed by atoms with Crippen molar-refractivity contribution in [3.63, 3.8) is 0 Å². The Morgan fingerprint density at radius 3 is 2.33 bits per heavy atom. The predicted molar refractivity (Wildman–Crippen MR) is 79.6 cm³/mol. The minimum atomic E-state index is -0.660. The zero-order valence-electron chi connectivity index (χ0n) is 12.5. The third kappa shape index (κ3) is 1.50. The number of nitro groups is 1. The molecule has 1 saturated heterocycles. The van der Waals surface area contributed by atoms with Crippen molar-refractivity contribution in [2.45, 2.75) is 12.8 Å². The number of hydrogen-bond donors (Lipinski definition) is 0. The molecule has 4 atom stereocenters. The van der Waals surface area contributed by atoms with Crippen LogP contribution in [0.4, 0.5) is 5.88 Å². The van der Waals surface area contributed by atoms with Crippen molar-refractivity contribution in [3.05, 3.63) is 40.2 Å². The van der Waals surface area contributed by atoms with Gasteiger partial charge in [0.2, 0.25) is 0 Å². The van der Waals surface area contributed by atoms with Gasteiger partial charge in [-0.25, -0.2) is 0 Å². The summed E-state index contributed by atoms with van der Waals surface area (Å²) in [4.78, 5) is 35.3. The first kappa shape index (κ1) is 13.6. The molecule has 4 aliphatic rings. The molecule has 122 valence electrons. The van der Waals surface area contributed by atoms with Gasteiger partial charge in [-0.05, 0) is 36.2 Å². The van der Waals surface area contributed by atoms with E-state index in [-0.39, 0.29) is 46.7 Å². The summed E-state index contributed by atoms with van der Waals surface area (Å²) < 4.78 is 4.96. The summed E-state index contributed by atoms with van der Waals surface area (Å²) in [6.07, 6.45) is 7.52. The van der Waals surface area contributed by atoms with Gasteiger partial charge < -0.3 is 4.42 Å². The Morgan fingerprint density at radius 2 is 1.83 bits per heavy atom. The maximum atomic E-state index is 12.7. The normalized spacial score (nSPS) is 34.8. The van der Waals surface area contributed by atoms with Crippen LogP contribution >= 0.6 is 0 Å². The Hall–Kier alpha value is -2.77. The Morgan fingerprint density at radius 1 is 1.21 bits per heavy atom. The summed E-state index contributed by atoms with van der Waals surface area (Å²) in [5, 5.41) is 15.4. The van der Waals surface area contributed by atoms with Crippen molar-refractivity contribution in [3.8, 4) is 0 Å². The number of hydrazone groups is 1. The predicted octanol–water partition coefficient (Wildman–Crippen LogP) is 1.72. The monoisotopic (exact) mass is 327 g/mol. The molecule has 1 aromatic heterocycles. The van der Waals surface area contributed by atoms with Gasteiger partial charge in [-0.15, -0.1) is 0 Å². The number of carbonyl (C=O) groups excluding carboxylic acids is 2. The number of carbonyl (C=O) groups is 2. The van der Waals surface area contributed by atoms with E-state index >= 15 is 0 Å². The van der Waals surface area contributed by atoms with E-state index in [1.54, 1.807) is 0 Å². The Balaban J connectivity index is 1.41. The van der Waals surface area contributed by atoms with E-state index in [0.29, 0.717) is 0 Å². The smallest absolute Gasteiger partial charge is 0.400 e. The van der Waals surface area contributed by atoms with Crippen LogP contribution in [-0.2, 0) is 9.59 Å². The number of furan rings is 1. The first-order valence-corrected chi connectivity index (χ1v) is 7.87. The molecule has 0 radical (unpaired) electrons. The molecule has 0 N–H and O–H groups in total. The fraction of sp³-hybridized carbons (Fsp3) is 0.438. The highest BCUT2D eigenvalue weighted by Crippen LogP contribution is 2.73. The van der Waals surface area contributed by atoms with Crippen molar-refractivity contribution in [2.24, 2.45) is 34.2 Å². The van der Waals surface area contributed by atoms with Crippen LogP contribution in [0.25, 0.3) is 0 Å². The number of hydrogen-bond acceptors (Lipinski definition) is 6. The van der Waals surface area contributed by atoms with Gasteiger partial charge in [-0.3, -0.25) is 19.7 Å². The van der Waals surface area contributed by atoms with E-state index in [1.165, 1.54) is 18.3 Å². The Bertz CT molecular complexity index is 816. The van der Waals surface area contributed by atoms with Gasteiger partial charge in [0, 0.05) is 0 Å². The molecular weight excluding hydrogens is 314 g/mol. The van der Waals surface area contributed by atoms with Gasteiger partial charge in [-0.2, -0.15) is 10.1 Å². The van der Waals surface area contributed by atoms with E-state index in [1.807, 2.05) is 0 Å². The maximum Gasteiger partial charge on any atom is 0.433 e. The fourth-order valence-electron chi connectivity index (χ4n) is 4.80. The van der Waals surface area contributed by atoms with E-state index in [9.17, 15) is 19.7 Å². The molecular formula is C16H13N3O5. The second-order valence-electron chi connectivity index (χ2n) is 6.89. The Labute approximate surface area is 135 Å². The summed E-state index contributed by atoms with van der Waals surface area (Å²) in [6, 6.07) is 2.57. The quantitative estimate of drug-likeness (QED) is 0.276. The molecule has 3 fully saturated rings. The molecule has 1 spiro atoms. The number of imide groups is 1. The average Bonchev–Trinajstić information content (AvgIpc) is 2.84. The summed E-state index contributed by atoms with van der Waals surface area (Å²) in [5.74, 6) is -1.15. The third-order valence-corrected chi connectivity index (χ3v) is 5.92. The van der Waals surface area contributed by atoms with Gasteiger partial charge in [-0.1, -0.05) is 12.2 Å². The van der Waals surface area contributed by atoms with Crippen molar-refractivity contribution in [1.29, 1.82) is 0 Å². The van der Waals surface area contributed by atoms with Crippen molar-refractivity contribution >= 4 is 23.9 Å². The van der Waals surface area contributed by atoms with Gasteiger partial charge in [0.25, 0.3) is 11.8 Å². The van der Waals surface area contributed by atoms with Crippen LogP contribution in [0.2, 0.25) is 0 Å². The zero-order chi connectivity index (χ0) is 16.6. The third-order valence-electron chi connectivity index (χ3n) is 5.92. The van der Waals surface area contributed by atoms with Gasteiger partial charge in [0.05, 0.1) is 24.1 Å². The molecule has 2 heterocycles. The van der Waals surface area contributed by atoms with Crippen LogP contribution in [0.3, 0.4) is 0 Å². The highest BCUT2D eigenvalue weighted by Gasteiger charge is 2.73. The lowest BCUT2D eigenvalue weighted by Crippen LogP contribution is -2.30. The molecule has 1 aromatic rings. The van der Waals surface area contributed by atoms with Crippen LogP contribution in [0.5, 0.6) is 0 Å². The van der Waals surface area contributed by atoms with Gasteiger partial charge >= 0.3 is 5.88 Å². The van der Waals surface area contributed by atoms with Gasteiger partial charge in [0.15, 0.2) is 5.76 Å². The molecule has 2 amide bonds. The topological polar surface area (TPSA) is 106 Å². The molecule has 2 bridgehead atoms. The van der Waals surface area contributed by atoms with E-state index in [0.717, 1.165) is 17.9 Å². The minimum absolute atomic E-state index is 0.124. The summed E-state index contributed by atoms with van der Waals surface area (Å²) >= 11 is 0. The second kappa shape index (κ2) is 4.19. The van der Waals surface area contributed by atoms with Crippen LogP contribution in [-0.4, -0.2) is 28.0 Å². The van der Waals surface area contributed by atoms with Crippen LogP contribution in [0, 0.1) is 39.2 Å². The number of fused-ring (bicyclic) bond motifs is 3. The van der Waals surface area contributed by atoms with E-state index in [2.05, 4.69) is 17.3 Å². The lowest BCUT2D eigenvalue weighted by Gasteiger charge is -2.18. The number of rotatable bonds is 3. The molecule has 8 heteroatoms. The summed E-state index contributed by atoms with van der Waals surface area (Å²) in [6.45, 7) is 0. The van der Waals surface area contributed by atoms with Crippen molar-refractivity contribution in [1.82, 2.24) is 5.01 Å². The first-order valence-electron chi connectivity index (χ1n) is 7.87. The minimum Gasteiger partial charge on any atom is -0.400 e. The van der Waals surface area contributed by atoms with E-state index in [4.69, 9.17) is 4.42 Å². The van der Waals surface area contributed by atoms with Crippen molar-refractivity contribution < 1.29 is 18.9 Å². The summed E-state index contributed by atoms with van der Waals surface area (Å²) in [5.41, 5.74) is 0.151. The lowest BCUT2D eigenvalue weighted by atomic mass is 9.85. The molecule has 2 saturated carbocycles. The molecule has 4 unspecified atom stereocenters. The number of nitrogens with zero attached hydrogens (tertiary/aromatic N) is 3. The second-order valence-corrected chi connectivity index (χ2v) is 6.89. The Kier molecular flexibility index (Phi) is 2.39. The van der Waals surface area contributed by atoms with E-state index < -0.39 is 10.8 Å². The molecule has 5 rings (SSSR count). The lowest BCUT2D eigenvalue weighted by molar-refractivity contribution is -0.402. The highest BCUT2D eigenvalue weighted by atomic mass is 16.6. The number of allylic oxidation sites excluding steroid dienone is 2. The molecule has 8 nitrogen and oxygen atoms in total. The molecule has 1 aliphatic heterocycles. The molecule has 24 heavy (non-hydrogen) atoms. The van der Waals surface area contributed by atoms with Crippen LogP contribution in [0.1, 0.15) is 18.6 Å².